The van der Waals surface area contributed by atoms with E-state index in [9.17, 15) is 13.2 Å². The van der Waals surface area contributed by atoms with Crippen molar-refractivity contribution < 1.29 is 17.9 Å². The van der Waals surface area contributed by atoms with Crippen LogP contribution in [-0.2, 0) is 21.2 Å². The van der Waals surface area contributed by atoms with Crippen molar-refractivity contribution in [3.63, 3.8) is 0 Å². The minimum absolute atomic E-state index is 0.00581. The molecule has 1 aliphatic rings. The number of rotatable bonds is 7. The Balaban J connectivity index is 1.38. The van der Waals surface area contributed by atoms with Crippen LogP contribution in [0.4, 0.5) is 5.69 Å². The first-order chi connectivity index (χ1) is 15.4. The summed E-state index contributed by atoms with van der Waals surface area (Å²) in [5.74, 6) is 0.274. The number of hydrogen-bond acceptors (Lipinski definition) is 4. The quantitative estimate of drug-likeness (QED) is 0.560. The van der Waals surface area contributed by atoms with Crippen molar-refractivity contribution in [3.8, 4) is 5.75 Å². The lowest BCUT2D eigenvalue weighted by atomic mass is 9.88. The van der Waals surface area contributed by atoms with Gasteiger partial charge in [0.2, 0.25) is 0 Å². The number of anilines is 1. The van der Waals surface area contributed by atoms with Crippen LogP contribution >= 0.6 is 0 Å². The fraction of sp³-hybridized carbons (Fsp3) is 0.240. The number of aryl methyl sites for hydroxylation is 2. The molecule has 166 valence electrons. The van der Waals surface area contributed by atoms with Crippen molar-refractivity contribution >= 4 is 21.6 Å². The van der Waals surface area contributed by atoms with Crippen LogP contribution in [0.2, 0.25) is 0 Å². The summed E-state index contributed by atoms with van der Waals surface area (Å²) in [5.41, 5.74) is 3.58. The molecular formula is C25H26N2O4S. The number of nitrogens with one attached hydrogen (secondary N) is 2. The van der Waals surface area contributed by atoms with E-state index in [0.29, 0.717) is 17.0 Å². The smallest absolute Gasteiger partial charge is 0.261 e. The summed E-state index contributed by atoms with van der Waals surface area (Å²) in [6.45, 7) is 1.63. The van der Waals surface area contributed by atoms with Crippen LogP contribution in [0.15, 0.2) is 77.7 Å². The third kappa shape index (κ3) is 5.11. The lowest BCUT2D eigenvalue weighted by molar-refractivity contribution is -0.124. The van der Waals surface area contributed by atoms with Gasteiger partial charge in [0.1, 0.15) is 5.75 Å². The van der Waals surface area contributed by atoms with E-state index in [1.807, 2.05) is 18.2 Å². The van der Waals surface area contributed by atoms with Crippen LogP contribution in [0.25, 0.3) is 0 Å². The van der Waals surface area contributed by atoms with Crippen molar-refractivity contribution in [2.24, 2.45) is 0 Å². The molecule has 3 aromatic rings. The van der Waals surface area contributed by atoms with Crippen molar-refractivity contribution in [1.82, 2.24) is 5.32 Å². The molecule has 0 spiro atoms. The van der Waals surface area contributed by atoms with E-state index in [-0.39, 0.29) is 23.5 Å². The van der Waals surface area contributed by atoms with E-state index in [1.54, 1.807) is 37.3 Å². The number of ether oxygens (including phenoxy) is 1. The minimum atomic E-state index is -3.72. The molecule has 0 bridgehead atoms. The van der Waals surface area contributed by atoms with Crippen molar-refractivity contribution in [2.45, 2.75) is 37.1 Å². The number of benzene rings is 3. The molecule has 2 N–H and O–H groups in total. The summed E-state index contributed by atoms with van der Waals surface area (Å²) in [7, 11) is -3.72. The molecule has 1 atom stereocenters. The Bertz CT molecular complexity index is 1210. The van der Waals surface area contributed by atoms with E-state index in [2.05, 4.69) is 22.2 Å². The molecule has 0 saturated heterocycles. The van der Waals surface area contributed by atoms with E-state index >= 15 is 0 Å². The molecule has 1 aliphatic carbocycles. The summed E-state index contributed by atoms with van der Waals surface area (Å²) in [4.78, 5) is 12.6. The van der Waals surface area contributed by atoms with Crippen LogP contribution in [0.5, 0.6) is 5.75 Å². The molecule has 0 aliphatic heterocycles. The van der Waals surface area contributed by atoms with E-state index in [0.717, 1.165) is 19.3 Å². The van der Waals surface area contributed by atoms with Gasteiger partial charge in [-0.1, -0.05) is 42.5 Å². The molecule has 0 fully saturated rings. The zero-order chi connectivity index (χ0) is 22.6. The number of amides is 1. The molecule has 0 radical (unpaired) electrons. The Labute approximate surface area is 188 Å². The van der Waals surface area contributed by atoms with Gasteiger partial charge in [0.05, 0.1) is 10.9 Å². The van der Waals surface area contributed by atoms with Crippen LogP contribution < -0.4 is 14.8 Å². The predicted octanol–water partition coefficient (Wildman–Crippen LogP) is 4.37. The average Bonchev–Trinajstić information content (AvgIpc) is 2.79. The number of sulfonamides is 1. The molecule has 1 unspecified atom stereocenters. The Morgan fingerprint density at radius 1 is 1.03 bits per heavy atom. The second-order valence-corrected chi connectivity index (χ2v) is 9.58. The lowest BCUT2D eigenvalue weighted by Crippen LogP contribution is -2.34. The van der Waals surface area contributed by atoms with E-state index < -0.39 is 10.0 Å². The van der Waals surface area contributed by atoms with Gasteiger partial charge in [-0.25, -0.2) is 8.42 Å². The van der Waals surface area contributed by atoms with Gasteiger partial charge in [0.25, 0.3) is 15.9 Å². The lowest BCUT2D eigenvalue weighted by Gasteiger charge is -2.26. The summed E-state index contributed by atoms with van der Waals surface area (Å²) in [6, 6.07) is 21.5. The number of fused-ring (bicyclic) bond motifs is 1. The molecule has 32 heavy (non-hydrogen) atoms. The van der Waals surface area contributed by atoms with Gasteiger partial charge >= 0.3 is 0 Å². The molecule has 0 saturated carbocycles. The topological polar surface area (TPSA) is 84.5 Å². The fourth-order valence-electron chi connectivity index (χ4n) is 3.95. The van der Waals surface area contributed by atoms with Gasteiger partial charge in [0.15, 0.2) is 6.61 Å². The molecular weight excluding hydrogens is 424 g/mol. The summed E-state index contributed by atoms with van der Waals surface area (Å²) < 4.78 is 33.5. The van der Waals surface area contributed by atoms with Crippen molar-refractivity contribution in [2.75, 3.05) is 11.3 Å². The highest BCUT2D eigenvalue weighted by Gasteiger charge is 2.22. The summed E-state index contributed by atoms with van der Waals surface area (Å²) in [6.07, 6.45) is 2.98. The van der Waals surface area contributed by atoms with Crippen molar-refractivity contribution in [1.29, 1.82) is 0 Å². The maximum absolute atomic E-state index is 12.6. The van der Waals surface area contributed by atoms with Gasteiger partial charge < -0.3 is 10.1 Å². The van der Waals surface area contributed by atoms with Crippen LogP contribution in [0.3, 0.4) is 0 Å². The first kappa shape index (κ1) is 21.9. The second-order valence-electron chi connectivity index (χ2n) is 7.90. The Kier molecular flexibility index (Phi) is 6.46. The van der Waals surface area contributed by atoms with E-state index in [4.69, 9.17) is 4.74 Å². The maximum Gasteiger partial charge on any atom is 0.261 e. The normalized spacial score (nSPS) is 15.5. The summed E-state index contributed by atoms with van der Waals surface area (Å²) in [5, 5.41) is 3.06. The van der Waals surface area contributed by atoms with Crippen molar-refractivity contribution in [3.05, 3.63) is 89.5 Å². The Morgan fingerprint density at radius 3 is 2.56 bits per heavy atom. The fourth-order valence-corrected chi connectivity index (χ4v) is 5.10. The predicted molar refractivity (Wildman–Crippen MR) is 124 cm³/mol. The highest BCUT2D eigenvalue weighted by atomic mass is 32.2. The largest absolute Gasteiger partial charge is 0.484 e. The molecule has 0 heterocycles. The van der Waals surface area contributed by atoms with Crippen LogP contribution in [0, 0.1) is 6.92 Å². The Hall–Kier alpha value is -3.32. The van der Waals surface area contributed by atoms with Gasteiger partial charge in [-0.15, -0.1) is 0 Å². The number of para-hydroxylation sites is 1. The number of carbonyl (C=O) groups is 1. The average molecular weight is 451 g/mol. The molecule has 6 nitrogen and oxygen atoms in total. The van der Waals surface area contributed by atoms with Gasteiger partial charge in [0, 0.05) is 5.69 Å². The molecule has 3 aromatic carbocycles. The molecule has 4 rings (SSSR count). The highest BCUT2D eigenvalue weighted by molar-refractivity contribution is 7.92. The van der Waals surface area contributed by atoms with Crippen LogP contribution in [-0.4, -0.2) is 20.9 Å². The van der Waals surface area contributed by atoms with Gasteiger partial charge in [-0.05, 0) is 73.2 Å². The Morgan fingerprint density at radius 2 is 1.78 bits per heavy atom. The zero-order valence-corrected chi connectivity index (χ0v) is 18.7. The third-order valence-electron chi connectivity index (χ3n) is 5.55. The highest BCUT2D eigenvalue weighted by Crippen LogP contribution is 2.29. The first-order valence-corrected chi connectivity index (χ1v) is 12.1. The zero-order valence-electron chi connectivity index (χ0n) is 17.9. The minimum Gasteiger partial charge on any atom is -0.484 e. The number of carbonyl (C=O) groups excluding carboxylic acids is 1. The molecule has 1 amide bonds. The first-order valence-electron chi connectivity index (χ1n) is 10.6. The number of hydrogen-bond donors (Lipinski definition) is 2. The second kappa shape index (κ2) is 9.44. The monoisotopic (exact) mass is 450 g/mol. The van der Waals surface area contributed by atoms with E-state index in [1.165, 1.54) is 23.3 Å². The third-order valence-corrected chi connectivity index (χ3v) is 6.93. The van der Waals surface area contributed by atoms with Gasteiger partial charge in [-0.3, -0.25) is 9.52 Å². The summed E-state index contributed by atoms with van der Waals surface area (Å²) >= 11 is 0. The standard InChI is InChI=1S/C25H26N2O4S/c1-18-16-21(32(29,30)27-20-10-3-2-4-11-20)14-15-24(18)31-17-25(28)26-23-13-7-9-19-8-5-6-12-22(19)23/h2-6,8,10-12,14-16,23,27H,7,9,13,17H2,1H3,(H,26,28). The van der Waals surface area contributed by atoms with Gasteiger partial charge in [-0.2, -0.15) is 0 Å². The van der Waals surface area contributed by atoms with Crippen LogP contribution in [0.1, 0.15) is 35.6 Å². The molecule has 0 aromatic heterocycles. The maximum atomic E-state index is 12.6. The molecule has 7 heteroatoms. The SMILES string of the molecule is Cc1cc(S(=O)(=O)Nc2ccccc2)ccc1OCC(=O)NC1CCCc2ccccc21.